The second-order valence-corrected chi connectivity index (χ2v) is 8.99. The minimum Gasteiger partial charge on any atom is -0.445 e. The fraction of sp³-hybridized carbons (Fsp3) is 0.440. The van der Waals surface area contributed by atoms with Crippen LogP contribution < -0.4 is 0 Å². The van der Waals surface area contributed by atoms with Crippen LogP contribution in [0.2, 0.25) is 0 Å². The molecule has 0 bridgehead atoms. The van der Waals surface area contributed by atoms with E-state index in [0.717, 1.165) is 17.5 Å². The third kappa shape index (κ3) is 7.31. The lowest BCUT2D eigenvalue weighted by Crippen LogP contribution is -2.38. The molecule has 1 aliphatic heterocycles. The molecule has 1 unspecified atom stereocenters. The standard InChI is InChI=1S/C25H32N2O4/c1-25(2,3)31-24(29)26-15-14-22(17-26)18-27(16-20-10-6-4-7-11-20)23(28)30-19-21-12-8-5-9-13-21/h4-13,22H,14-19H2,1-3H3. The lowest BCUT2D eigenvalue weighted by Gasteiger charge is -2.26. The highest BCUT2D eigenvalue weighted by atomic mass is 16.6. The summed E-state index contributed by atoms with van der Waals surface area (Å²) in [6.07, 6.45) is 0.191. The van der Waals surface area contributed by atoms with Crippen molar-refractivity contribution in [2.45, 2.75) is 45.9 Å². The number of ether oxygens (including phenoxy) is 2. The average Bonchev–Trinajstić information content (AvgIpc) is 3.21. The summed E-state index contributed by atoms with van der Waals surface area (Å²) in [5.74, 6) is 0.181. The van der Waals surface area contributed by atoms with Gasteiger partial charge in [0.15, 0.2) is 0 Å². The highest BCUT2D eigenvalue weighted by Crippen LogP contribution is 2.22. The molecule has 6 heteroatoms. The van der Waals surface area contributed by atoms with Crippen molar-refractivity contribution in [1.29, 1.82) is 0 Å². The van der Waals surface area contributed by atoms with Gasteiger partial charge in [0.1, 0.15) is 12.2 Å². The van der Waals surface area contributed by atoms with Crippen molar-refractivity contribution in [3.8, 4) is 0 Å². The van der Waals surface area contributed by atoms with E-state index in [1.165, 1.54) is 0 Å². The number of hydrogen-bond donors (Lipinski definition) is 0. The molecule has 1 fully saturated rings. The van der Waals surface area contributed by atoms with Crippen molar-refractivity contribution >= 4 is 12.2 Å². The third-order valence-electron chi connectivity index (χ3n) is 5.10. The van der Waals surface area contributed by atoms with Crippen LogP contribution in [0.15, 0.2) is 60.7 Å². The van der Waals surface area contributed by atoms with Gasteiger partial charge in [0.25, 0.3) is 0 Å². The lowest BCUT2D eigenvalue weighted by molar-refractivity contribution is 0.0285. The van der Waals surface area contributed by atoms with Crippen molar-refractivity contribution in [3.05, 3.63) is 71.8 Å². The Bertz CT molecular complexity index is 849. The Kier molecular flexibility index (Phi) is 7.55. The van der Waals surface area contributed by atoms with E-state index in [0.29, 0.717) is 26.2 Å². The van der Waals surface area contributed by atoms with E-state index in [1.54, 1.807) is 9.80 Å². The zero-order valence-electron chi connectivity index (χ0n) is 18.6. The van der Waals surface area contributed by atoms with Crippen LogP contribution in [0.4, 0.5) is 9.59 Å². The zero-order chi connectivity index (χ0) is 22.3. The summed E-state index contributed by atoms with van der Waals surface area (Å²) in [6, 6.07) is 19.5. The van der Waals surface area contributed by atoms with Crippen LogP contribution in [0.1, 0.15) is 38.3 Å². The van der Waals surface area contributed by atoms with Gasteiger partial charge in [-0.25, -0.2) is 9.59 Å². The molecule has 1 aliphatic rings. The molecule has 166 valence electrons. The fourth-order valence-corrected chi connectivity index (χ4v) is 3.60. The number of likely N-dealkylation sites (tertiary alicyclic amines) is 1. The molecule has 1 heterocycles. The Morgan fingerprint density at radius 1 is 1.00 bits per heavy atom. The van der Waals surface area contributed by atoms with Gasteiger partial charge in [0, 0.05) is 26.2 Å². The Hall–Kier alpha value is -3.02. The molecule has 1 atom stereocenters. The molecule has 0 radical (unpaired) electrons. The van der Waals surface area contributed by atoms with Crippen molar-refractivity contribution in [2.75, 3.05) is 19.6 Å². The van der Waals surface area contributed by atoms with Crippen molar-refractivity contribution < 1.29 is 19.1 Å². The lowest BCUT2D eigenvalue weighted by atomic mass is 10.1. The molecule has 3 rings (SSSR count). The Labute approximate surface area is 184 Å². The van der Waals surface area contributed by atoms with Crippen LogP contribution in [-0.2, 0) is 22.6 Å². The summed E-state index contributed by atoms with van der Waals surface area (Å²) in [6.45, 7) is 8.04. The molecular weight excluding hydrogens is 392 g/mol. The van der Waals surface area contributed by atoms with Crippen LogP contribution in [0.3, 0.4) is 0 Å². The summed E-state index contributed by atoms with van der Waals surface area (Å²) < 4.78 is 11.1. The molecule has 0 aliphatic carbocycles. The van der Waals surface area contributed by atoms with Gasteiger partial charge in [0.2, 0.25) is 0 Å². The van der Waals surface area contributed by atoms with Crippen molar-refractivity contribution in [1.82, 2.24) is 9.80 Å². The predicted molar refractivity (Wildman–Crippen MR) is 119 cm³/mol. The largest absolute Gasteiger partial charge is 0.445 e. The Morgan fingerprint density at radius 2 is 1.61 bits per heavy atom. The molecule has 0 aromatic heterocycles. The fourth-order valence-electron chi connectivity index (χ4n) is 3.60. The van der Waals surface area contributed by atoms with Gasteiger partial charge >= 0.3 is 12.2 Å². The molecule has 6 nitrogen and oxygen atoms in total. The van der Waals surface area contributed by atoms with Crippen LogP contribution in [0, 0.1) is 5.92 Å². The molecule has 2 aromatic carbocycles. The molecule has 31 heavy (non-hydrogen) atoms. The summed E-state index contributed by atoms with van der Waals surface area (Å²) in [5.41, 5.74) is 1.48. The number of rotatable bonds is 6. The highest BCUT2D eigenvalue weighted by Gasteiger charge is 2.32. The van der Waals surface area contributed by atoms with E-state index >= 15 is 0 Å². The Balaban J connectivity index is 1.61. The second kappa shape index (κ2) is 10.3. The first-order chi connectivity index (χ1) is 14.8. The monoisotopic (exact) mass is 424 g/mol. The SMILES string of the molecule is CC(C)(C)OC(=O)N1CCC(CN(Cc2ccccc2)C(=O)OCc2ccccc2)C1. The molecule has 2 aromatic rings. The number of carbonyl (C=O) groups is 2. The van der Waals surface area contributed by atoms with Gasteiger partial charge < -0.3 is 19.3 Å². The van der Waals surface area contributed by atoms with Crippen LogP contribution >= 0.6 is 0 Å². The maximum atomic E-state index is 12.9. The van der Waals surface area contributed by atoms with E-state index in [4.69, 9.17) is 9.47 Å². The molecule has 0 spiro atoms. The van der Waals surface area contributed by atoms with E-state index in [1.807, 2.05) is 81.4 Å². The average molecular weight is 425 g/mol. The molecule has 0 saturated carbocycles. The summed E-state index contributed by atoms with van der Waals surface area (Å²) in [7, 11) is 0. The topological polar surface area (TPSA) is 59.1 Å². The summed E-state index contributed by atoms with van der Waals surface area (Å²) in [4.78, 5) is 28.8. The third-order valence-corrected chi connectivity index (χ3v) is 5.10. The van der Waals surface area contributed by atoms with E-state index in [2.05, 4.69) is 0 Å². The number of carbonyl (C=O) groups excluding carboxylic acids is 2. The van der Waals surface area contributed by atoms with E-state index in [-0.39, 0.29) is 24.7 Å². The molecule has 0 N–H and O–H groups in total. The van der Waals surface area contributed by atoms with Gasteiger partial charge in [-0.2, -0.15) is 0 Å². The van der Waals surface area contributed by atoms with Crippen LogP contribution in [-0.4, -0.2) is 47.2 Å². The van der Waals surface area contributed by atoms with Crippen LogP contribution in [0.25, 0.3) is 0 Å². The van der Waals surface area contributed by atoms with Gasteiger partial charge in [-0.3, -0.25) is 0 Å². The Morgan fingerprint density at radius 3 is 2.23 bits per heavy atom. The minimum absolute atomic E-state index is 0.181. The van der Waals surface area contributed by atoms with Gasteiger partial charge in [-0.15, -0.1) is 0 Å². The minimum atomic E-state index is -0.518. The number of nitrogens with zero attached hydrogens (tertiary/aromatic N) is 2. The molecule has 2 amide bonds. The number of benzene rings is 2. The summed E-state index contributed by atoms with van der Waals surface area (Å²) >= 11 is 0. The maximum absolute atomic E-state index is 12.9. The first kappa shape index (κ1) is 22.7. The predicted octanol–water partition coefficient (Wildman–Crippen LogP) is 5.08. The molecular formula is C25H32N2O4. The normalized spacial score (nSPS) is 16.1. The van der Waals surface area contributed by atoms with Crippen molar-refractivity contribution in [3.63, 3.8) is 0 Å². The maximum Gasteiger partial charge on any atom is 0.410 e. The van der Waals surface area contributed by atoms with Gasteiger partial charge in [-0.1, -0.05) is 60.7 Å². The number of amides is 2. The smallest absolute Gasteiger partial charge is 0.410 e. The number of hydrogen-bond acceptors (Lipinski definition) is 4. The van der Waals surface area contributed by atoms with Crippen LogP contribution in [0.5, 0.6) is 0 Å². The zero-order valence-corrected chi connectivity index (χ0v) is 18.6. The highest BCUT2D eigenvalue weighted by molar-refractivity contribution is 5.69. The summed E-state index contributed by atoms with van der Waals surface area (Å²) in [5, 5.41) is 0. The second-order valence-electron chi connectivity index (χ2n) is 8.99. The van der Waals surface area contributed by atoms with E-state index in [9.17, 15) is 9.59 Å². The van der Waals surface area contributed by atoms with E-state index < -0.39 is 5.60 Å². The first-order valence-corrected chi connectivity index (χ1v) is 10.8. The van der Waals surface area contributed by atoms with Crippen molar-refractivity contribution in [2.24, 2.45) is 5.92 Å². The van der Waals surface area contributed by atoms with Gasteiger partial charge in [-0.05, 0) is 44.2 Å². The quantitative estimate of drug-likeness (QED) is 0.649. The first-order valence-electron chi connectivity index (χ1n) is 10.8. The van der Waals surface area contributed by atoms with Gasteiger partial charge in [0.05, 0.1) is 0 Å². The molecule has 1 saturated heterocycles.